The van der Waals surface area contributed by atoms with Gasteiger partial charge in [0, 0.05) is 35.9 Å². The van der Waals surface area contributed by atoms with E-state index in [9.17, 15) is 9.18 Å². The van der Waals surface area contributed by atoms with E-state index in [0.29, 0.717) is 17.8 Å². The first-order chi connectivity index (χ1) is 18.0. The number of fused-ring (bicyclic) bond motifs is 1. The summed E-state index contributed by atoms with van der Waals surface area (Å²) in [6.45, 7) is 11.5. The first-order valence-electron chi connectivity index (χ1n) is 13.0. The molecule has 0 saturated heterocycles. The van der Waals surface area contributed by atoms with E-state index in [0.717, 1.165) is 50.7 Å². The van der Waals surface area contributed by atoms with Gasteiger partial charge in [0.25, 0.3) is 0 Å². The van der Waals surface area contributed by atoms with Crippen molar-refractivity contribution in [2.45, 2.75) is 65.8 Å². The number of halogens is 1. The molecule has 0 aliphatic carbocycles. The maximum Gasteiger partial charge on any atom is 0.302 e. The molecular formula is C31H33FN2O4. The predicted octanol–water partition coefficient (Wildman–Crippen LogP) is 7.14. The molecule has 38 heavy (non-hydrogen) atoms. The number of rotatable bonds is 6. The van der Waals surface area contributed by atoms with Crippen molar-refractivity contribution in [3.05, 3.63) is 65.0 Å². The van der Waals surface area contributed by atoms with Crippen LogP contribution in [0, 0.1) is 6.92 Å². The second kappa shape index (κ2) is 9.95. The Kier molecular flexibility index (Phi) is 6.82. The number of aromatic nitrogens is 2. The average Bonchev–Trinajstić information content (AvgIpc) is 2.85. The van der Waals surface area contributed by atoms with Gasteiger partial charge in [-0.3, -0.25) is 9.78 Å². The summed E-state index contributed by atoms with van der Waals surface area (Å²) in [7, 11) is 0. The number of benzene rings is 2. The van der Waals surface area contributed by atoms with Gasteiger partial charge in [0.1, 0.15) is 24.6 Å². The van der Waals surface area contributed by atoms with Gasteiger partial charge in [0.05, 0.1) is 28.9 Å². The van der Waals surface area contributed by atoms with Gasteiger partial charge in [-0.25, -0.2) is 9.37 Å². The van der Waals surface area contributed by atoms with Crippen LogP contribution in [0.3, 0.4) is 0 Å². The minimum absolute atomic E-state index is 0.0524. The maximum absolute atomic E-state index is 14.2. The smallest absolute Gasteiger partial charge is 0.302 e. The Morgan fingerprint density at radius 2 is 1.97 bits per heavy atom. The van der Waals surface area contributed by atoms with Crippen LogP contribution >= 0.6 is 0 Å². The number of ether oxygens (including phenoxy) is 3. The molecule has 2 atom stereocenters. The Bertz CT molecular complexity index is 1530. The van der Waals surface area contributed by atoms with Crippen LogP contribution < -0.4 is 4.74 Å². The van der Waals surface area contributed by atoms with E-state index < -0.39 is 17.9 Å². The number of carbonyl (C=O) groups excluding carboxylic acids is 1. The van der Waals surface area contributed by atoms with Gasteiger partial charge < -0.3 is 14.2 Å². The van der Waals surface area contributed by atoms with Crippen LogP contribution in [0.1, 0.15) is 69.3 Å². The minimum Gasteiger partial charge on any atom is -0.493 e. The zero-order valence-electron chi connectivity index (χ0n) is 22.7. The SMILES string of the molecule is CC(=O)OC[C@@H](OC(C)(C)C)c1c(C)cc2nc(C(C)F)ccc2c1-c1ccc2c3c(ccnc13)CCO2. The molecule has 5 rings (SSSR count). The molecule has 7 heteroatoms. The largest absolute Gasteiger partial charge is 0.493 e. The third kappa shape index (κ3) is 4.95. The normalized spacial score (nSPS) is 14.8. The Hall–Kier alpha value is -3.58. The summed E-state index contributed by atoms with van der Waals surface area (Å²) in [5.41, 5.74) is 6.12. The highest BCUT2D eigenvalue weighted by Crippen LogP contribution is 2.45. The van der Waals surface area contributed by atoms with Crippen LogP contribution in [0.15, 0.2) is 42.6 Å². The molecule has 2 aromatic heterocycles. The second-order valence-corrected chi connectivity index (χ2v) is 10.8. The molecule has 2 aromatic carbocycles. The summed E-state index contributed by atoms with van der Waals surface area (Å²) >= 11 is 0. The monoisotopic (exact) mass is 516 g/mol. The zero-order valence-corrected chi connectivity index (χ0v) is 22.7. The third-order valence-corrected chi connectivity index (χ3v) is 6.76. The molecule has 4 aromatic rings. The van der Waals surface area contributed by atoms with Crippen molar-refractivity contribution in [2.24, 2.45) is 0 Å². The van der Waals surface area contributed by atoms with Crippen molar-refractivity contribution in [1.29, 1.82) is 0 Å². The lowest BCUT2D eigenvalue weighted by Gasteiger charge is -2.31. The van der Waals surface area contributed by atoms with Crippen LogP contribution in [0.2, 0.25) is 0 Å². The number of esters is 1. The summed E-state index contributed by atoms with van der Waals surface area (Å²) in [5.74, 6) is 0.432. The number of aryl methyl sites for hydroxylation is 1. The van der Waals surface area contributed by atoms with E-state index in [1.54, 1.807) is 6.07 Å². The fourth-order valence-corrected chi connectivity index (χ4v) is 5.26. The van der Waals surface area contributed by atoms with Gasteiger partial charge in [-0.05, 0) is 87.2 Å². The van der Waals surface area contributed by atoms with Crippen LogP contribution in [0.25, 0.3) is 32.9 Å². The predicted molar refractivity (Wildman–Crippen MR) is 146 cm³/mol. The van der Waals surface area contributed by atoms with Gasteiger partial charge in [0.2, 0.25) is 0 Å². The van der Waals surface area contributed by atoms with Crippen molar-refractivity contribution in [2.75, 3.05) is 13.2 Å². The molecule has 0 N–H and O–H groups in total. The van der Waals surface area contributed by atoms with Crippen molar-refractivity contribution in [3.63, 3.8) is 0 Å². The second-order valence-electron chi connectivity index (χ2n) is 10.8. The van der Waals surface area contributed by atoms with Crippen molar-refractivity contribution < 1.29 is 23.4 Å². The highest BCUT2D eigenvalue weighted by molar-refractivity contribution is 6.07. The molecule has 1 aliphatic heterocycles. The fraction of sp³-hybridized carbons (Fsp3) is 0.387. The van der Waals surface area contributed by atoms with Crippen LogP contribution in [-0.2, 0) is 20.7 Å². The number of pyridine rings is 2. The summed E-state index contributed by atoms with van der Waals surface area (Å²) in [5, 5.41) is 1.84. The summed E-state index contributed by atoms with van der Waals surface area (Å²) in [6, 6.07) is 11.6. The van der Waals surface area contributed by atoms with Crippen molar-refractivity contribution >= 4 is 27.8 Å². The van der Waals surface area contributed by atoms with E-state index in [-0.39, 0.29) is 12.6 Å². The lowest BCUT2D eigenvalue weighted by molar-refractivity contribution is -0.150. The molecule has 6 nitrogen and oxygen atoms in total. The third-order valence-electron chi connectivity index (χ3n) is 6.76. The standard InChI is InChI=1S/C31H33FN2O4/c1-17-15-24-21(7-9-23(34-24)18(2)32)29(27(17)26(16-37-19(3)35)38-31(4,5)6)22-8-10-25-28-20(12-14-36-25)11-13-33-30(22)28/h7-11,13,15,18,26H,12,14,16H2,1-6H3/t18?,26-/m1/s1. The van der Waals surface area contributed by atoms with Crippen LogP contribution in [0.4, 0.5) is 4.39 Å². The quantitative estimate of drug-likeness (QED) is 0.254. The van der Waals surface area contributed by atoms with Crippen molar-refractivity contribution in [1.82, 2.24) is 9.97 Å². The van der Waals surface area contributed by atoms with Gasteiger partial charge in [0.15, 0.2) is 0 Å². The molecule has 0 spiro atoms. The Morgan fingerprint density at radius 1 is 1.18 bits per heavy atom. The molecule has 1 unspecified atom stereocenters. The van der Waals surface area contributed by atoms with E-state index in [1.807, 2.05) is 64.2 Å². The van der Waals surface area contributed by atoms with E-state index >= 15 is 0 Å². The molecule has 3 heterocycles. The average molecular weight is 517 g/mol. The van der Waals surface area contributed by atoms with Gasteiger partial charge in [-0.15, -0.1) is 0 Å². The zero-order chi connectivity index (χ0) is 27.2. The van der Waals surface area contributed by atoms with Gasteiger partial charge in [-0.2, -0.15) is 0 Å². The van der Waals surface area contributed by atoms with Crippen LogP contribution in [0.5, 0.6) is 5.75 Å². The highest BCUT2D eigenvalue weighted by Gasteiger charge is 2.29. The number of hydrogen-bond donors (Lipinski definition) is 0. The molecule has 0 saturated carbocycles. The highest BCUT2D eigenvalue weighted by atomic mass is 19.1. The van der Waals surface area contributed by atoms with E-state index in [1.165, 1.54) is 19.4 Å². The Labute approximate surface area is 222 Å². The van der Waals surface area contributed by atoms with Gasteiger partial charge >= 0.3 is 5.97 Å². The minimum atomic E-state index is -1.19. The number of carbonyl (C=O) groups is 1. The van der Waals surface area contributed by atoms with E-state index in [4.69, 9.17) is 19.2 Å². The lowest BCUT2D eigenvalue weighted by atomic mass is 9.86. The number of nitrogens with zero attached hydrogens (tertiary/aromatic N) is 2. The molecule has 0 fully saturated rings. The summed E-state index contributed by atoms with van der Waals surface area (Å²) < 4.78 is 32.2. The Balaban J connectivity index is 1.86. The van der Waals surface area contributed by atoms with Crippen LogP contribution in [-0.4, -0.2) is 34.8 Å². The molecule has 1 aliphatic rings. The molecule has 0 amide bonds. The molecular weight excluding hydrogens is 483 g/mol. The fourth-order valence-electron chi connectivity index (χ4n) is 5.26. The molecule has 0 bridgehead atoms. The number of alkyl halides is 1. The summed E-state index contributed by atoms with van der Waals surface area (Å²) in [4.78, 5) is 21.3. The topological polar surface area (TPSA) is 70.5 Å². The van der Waals surface area contributed by atoms with Crippen molar-refractivity contribution in [3.8, 4) is 16.9 Å². The number of hydrogen-bond acceptors (Lipinski definition) is 6. The molecule has 0 radical (unpaired) electrons. The maximum atomic E-state index is 14.2. The molecule has 198 valence electrons. The van der Waals surface area contributed by atoms with Gasteiger partial charge in [-0.1, -0.05) is 6.07 Å². The first kappa shape index (κ1) is 26.0. The Morgan fingerprint density at radius 3 is 2.68 bits per heavy atom. The lowest BCUT2D eigenvalue weighted by Crippen LogP contribution is -2.27. The van der Waals surface area contributed by atoms with E-state index in [2.05, 4.69) is 4.98 Å². The summed E-state index contributed by atoms with van der Waals surface area (Å²) in [6.07, 6.45) is 0.887. The first-order valence-corrected chi connectivity index (χ1v) is 13.0.